The molecule has 1 aromatic heterocycles. The molecule has 2 heterocycles. The van der Waals surface area contributed by atoms with Crippen LogP contribution in [-0.4, -0.2) is 33.7 Å². The average molecular weight is 278 g/mol. The van der Waals surface area contributed by atoms with Gasteiger partial charge in [0.1, 0.15) is 5.76 Å². The molecular formula is C16H26N2O2. The Labute approximate surface area is 121 Å². The minimum Gasteiger partial charge on any atom is -0.444 e. The molecule has 4 nitrogen and oxygen atoms in total. The average Bonchev–Trinajstić information content (AvgIpc) is 2.98. The number of rotatable bonds is 3. The van der Waals surface area contributed by atoms with Gasteiger partial charge in [-0.3, -0.25) is 4.90 Å². The van der Waals surface area contributed by atoms with E-state index in [0.29, 0.717) is 12.0 Å². The van der Waals surface area contributed by atoms with Gasteiger partial charge in [0.05, 0.1) is 18.3 Å². The van der Waals surface area contributed by atoms with Crippen LogP contribution >= 0.6 is 0 Å². The van der Waals surface area contributed by atoms with Crippen molar-refractivity contribution in [3.63, 3.8) is 0 Å². The second-order valence-electron chi connectivity index (χ2n) is 6.44. The van der Waals surface area contributed by atoms with E-state index in [9.17, 15) is 5.11 Å². The summed E-state index contributed by atoms with van der Waals surface area (Å²) >= 11 is 0. The van der Waals surface area contributed by atoms with Crippen molar-refractivity contribution in [3.8, 4) is 0 Å². The van der Waals surface area contributed by atoms with E-state index in [1.165, 1.54) is 32.1 Å². The highest BCUT2D eigenvalue weighted by Gasteiger charge is 2.37. The molecule has 1 saturated heterocycles. The Balaban J connectivity index is 1.68. The van der Waals surface area contributed by atoms with Crippen molar-refractivity contribution in [2.24, 2.45) is 5.92 Å². The van der Waals surface area contributed by atoms with E-state index in [-0.39, 0.29) is 6.10 Å². The van der Waals surface area contributed by atoms with Crippen LogP contribution < -0.4 is 0 Å². The number of aliphatic hydroxyl groups is 1. The van der Waals surface area contributed by atoms with Crippen LogP contribution in [0.4, 0.5) is 0 Å². The van der Waals surface area contributed by atoms with Crippen LogP contribution in [0.1, 0.15) is 55.9 Å². The number of oxazole rings is 1. The summed E-state index contributed by atoms with van der Waals surface area (Å²) in [4.78, 5) is 6.98. The van der Waals surface area contributed by atoms with Crippen LogP contribution in [0.5, 0.6) is 0 Å². The molecule has 1 aliphatic heterocycles. The normalized spacial score (nSPS) is 31.9. The van der Waals surface area contributed by atoms with E-state index >= 15 is 0 Å². The van der Waals surface area contributed by atoms with Crippen LogP contribution in [0, 0.1) is 19.8 Å². The van der Waals surface area contributed by atoms with Crippen molar-refractivity contribution in [3.05, 3.63) is 17.3 Å². The van der Waals surface area contributed by atoms with Crippen molar-refractivity contribution in [2.75, 3.05) is 6.54 Å². The third-order valence-corrected chi connectivity index (χ3v) is 5.10. The molecule has 0 radical (unpaired) electrons. The number of aliphatic hydroxyl groups excluding tert-OH is 1. The summed E-state index contributed by atoms with van der Waals surface area (Å²) in [5.41, 5.74) is 0.994. The van der Waals surface area contributed by atoms with Gasteiger partial charge in [-0.2, -0.15) is 0 Å². The Bertz CT molecular complexity index is 438. The van der Waals surface area contributed by atoms with Crippen LogP contribution in [0.25, 0.3) is 0 Å². The molecule has 0 spiro atoms. The third-order valence-electron chi connectivity index (χ3n) is 5.10. The van der Waals surface area contributed by atoms with E-state index in [1.807, 2.05) is 13.8 Å². The zero-order valence-corrected chi connectivity index (χ0v) is 12.6. The molecule has 0 amide bonds. The molecule has 2 aliphatic rings. The van der Waals surface area contributed by atoms with Gasteiger partial charge in [0.25, 0.3) is 0 Å². The van der Waals surface area contributed by atoms with Crippen molar-refractivity contribution < 1.29 is 9.52 Å². The van der Waals surface area contributed by atoms with Crippen molar-refractivity contribution in [2.45, 2.75) is 71.1 Å². The van der Waals surface area contributed by atoms with Gasteiger partial charge in [0.2, 0.25) is 5.89 Å². The highest BCUT2D eigenvalue weighted by atomic mass is 16.4. The highest BCUT2D eigenvalue weighted by molar-refractivity contribution is 5.05. The van der Waals surface area contributed by atoms with Crippen molar-refractivity contribution in [1.29, 1.82) is 0 Å². The maximum absolute atomic E-state index is 10.3. The minimum absolute atomic E-state index is 0.109. The summed E-state index contributed by atoms with van der Waals surface area (Å²) in [7, 11) is 0. The predicted molar refractivity (Wildman–Crippen MR) is 77.4 cm³/mol. The Morgan fingerprint density at radius 2 is 2.00 bits per heavy atom. The molecule has 3 rings (SSSR count). The van der Waals surface area contributed by atoms with Crippen LogP contribution in [-0.2, 0) is 6.54 Å². The number of aryl methyl sites for hydroxylation is 2. The molecule has 1 saturated carbocycles. The maximum atomic E-state index is 10.3. The molecule has 1 aromatic rings. The maximum Gasteiger partial charge on any atom is 0.208 e. The number of nitrogens with zero attached hydrogens (tertiary/aromatic N) is 2. The van der Waals surface area contributed by atoms with E-state index in [1.54, 1.807) is 0 Å². The van der Waals surface area contributed by atoms with E-state index in [0.717, 1.165) is 36.9 Å². The Hall–Kier alpha value is -0.870. The number of hydrogen-bond donors (Lipinski definition) is 1. The van der Waals surface area contributed by atoms with Gasteiger partial charge in [-0.05, 0) is 46.1 Å². The van der Waals surface area contributed by atoms with E-state index in [4.69, 9.17) is 4.42 Å². The van der Waals surface area contributed by atoms with Gasteiger partial charge in [-0.25, -0.2) is 4.98 Å². The lowest BCUT2D eigenvalue weighted by Crippen LogP contribution is -2.42. The van der Waals surface area contributed by atoms with Gasteiger partial charge >= 0.3 is 0 Å². The monoisotopic (exact) mass is 278 g/mol. The van der Waals surface area contributed by atoms with Crippen molar-refractivity contribution in [1.82, 2.24) is 9.88 Å². The Morgan fingerprint density at radius 1 is 1.20 bits per heavy atom. The van der Waals surface area contributed by atoms with Gasteiger partial charge in [-0.15, -0.1) is 0 Å². The molecule has 20 heavy (non-hydrogen) atoms. The standard InChI is InChI=1S/C16H26N2O2/c1-11-12(2)20-16(17-11)10-18-9-5-7-14(18)13-6-3-4-8-15(13)19/h13-15,19H,3-10H2,1-2H3/t13-,14-,15-/m1/s1. The topological polar surface area (TPSA) is 49.5 Å². The molecule has 1 aliphatic carbocycles. The van der Waals surface area contributed by atoms with Crippen molar-refractivity contribution >= 4 is 0 Å². The summed E-state index contributed by atoms with van der Waals surface area (Å²) in [5, 5.41) is 10.3. The molecule has 1 N–H and O–H groups in total. The van der Waals surface area contributed by atoms with Gasteiger partial charge in [-0.1, -0.05) is 12.8 Å². The molecule has 4 heteroatoms. The lowest BCUT2D eigenvalue weighted by molar-refractivity contribution is 0.0181. The largest absolute Gasteiger partial charge is 0.444 e. The summed E-state index contributed by atoms with van der Waals surface area (Å²) in [6, 6.07) is 0.512. The fourth-order valence-corrected chi connectivity index (χ4v) is 3.90. The fraction of sp³-hybridized carbons (Fsp3) is 0.812. The quantitative estimate of drug-likeness (QED) is 0.923. The third kappa shape index (κ3) is 2.77. The van der Waals surface area contributed by atoms with Crippen LogP contribution in [0.15, 0.2) is 4.42 Å². The van der Waals surface area contributed by atoms with Gasteiger partial charge in [0, 0.05) is 12.0 Å². The lowest BCUT2D eigenvalue weighted by Gasteiger charge is -2.36. The fourth-order valence-electron chi connectivity index (χ4n) is 3.90. The predicted octanol–water partition coefficient (Wildman–Crippen LogP) is 2.81. The number of hydrogen-bond acceptors (Lipinski definition) is 4. The smallest absolute Gasteiger partial charge is 0.208 e. The van der Waals surface area contributed by atoms with Crippen LogP contribution in [0.3, 0.4) is 0 Å². The Morgan fingerprint density at radius 3 is 2.70 bits per heavy atom. The molecule has 2 fully saturated rings. The van der Waals surface area contributed by atoms with Gasteiger partial charge < -0.3 is 9.52 Å². The number of likely N-dealkylation sites (tertiary alicyclic amines) is 1. The molecule has 112 valence electrons. The first kappa shape index (κ1) is 14.1. The number of aromatic nitrogens is 1. The first-order valence-electron chi connectivity index (χ1n) is 8.00. The second kappa shape index (κ2) is 5.86. The minimum atomic E-state index is -0.109. The molecule has 0 bridgehead atoms. The Kier molecular flexibility index (Phi) is 4.13. The first-order chi connectivity index (χ1) is 9.65. The SMILES string of the molecule is Cc1nc(CN2CCC[C@@H]2[C@H]2CCCC[C@H]2O)oc1C. The summed E-state index contributed by atoms with van der Waals surface area (Å²) in [6.07, 6.45) is 6.93. The van der Waals surface area contributed by atoms with E-state index < -0.39 is 0 Å². The molecule has 0 aromatic carbocycles. The highest BCUT2D eigenvalue weighted by Crippen LogP contribution is 2.35. The van der Waals surface area contributed by atoms with Gasteiger partial charge in [0.15, 0.2) is 0 Å². The first-order valence-corrected chi connectivity index (χ1v) is 8.00. The summed E-state index contributed by atoms with van der Waals surface area (Å²) in [6.45, 7) is 5.86. The molecule has 3 atom stereocenters. The molecule has 0 unspecified atom stereocenters. The zero-order chi connectivity index (χ0) is 14.1. The summed E-state index contributed by atoms with van der Waals surface area (Å²) in [5.74, 6) is 2.20. The zero-order valence-electron chi connectivity index (χ0n) is 12.6. The summed E-state index contributed by atoms with van der Waals surface area (Å²) < 4.78 is 5.72. The van der Waals surface area contributed by atoms with E-state index in [2.05, 4.69) is 9.88 Å². The lowest BCUT2D eigenvalue weighted by atomic mass is 9.80. The molecular weight excluding hydrogens is 252 g/mol. The van der Waals surface area contributed by atoms with Crippen LogP contribution in [0.2, 0.25) is 0 Å². The second-order valence-corrected chi connectivity index (χ2v) is 6.44.